The van der Waals surface area contributed by atoms with Crippen LogP contribution < -0.4 is 10.1 Å². The Balaban J connectivity index is 2.05. The summed E-state index contributed by atoms with van der Waals surface area (Å²) in [6.45, 7) is 2.80. The molecule has 112 valence electrons. The Labute approximate surface area is 117 Å². The van der Waals surface area contributed by atoms with E-state index in [0.717, 1.165) is 31.9 Å². The second-order valence-electron chi connectivity index (χ2n) is 5.41. The van der Waals surface area contributed by atoms with Crippen molar-refractivity contribution in [2.24, 2.45) is 0 Å². The molecule has 0 heterocycles. The van der Waals surface area contributed by atoms with Gasteiger partial charge in [0.1, 0.15) is 23.5 Å². The lowest BCUT2D eigenvalue weighted by Gasteiger charge is -2.40. The zero-order valence-electron chi connectivity index (χ0n) is 11.7. The summed E-state index contributed by atoms with van der Waals surface area (Å²) in [5.41, 5.74) is -0.344. The van der Waals surface area contributed by atoms with Gasteiger partial charge in [-0.1, -0.05) is 6.92 Å². The molecular weight excluding hydrogens is 264 g/mol. The fourth-order valence-electron chi connectivity index (χ4n) is 2.93. The van der Waals surface area contributed by atoms with E-state index < -0.39 is 11.6 Å². The topological polar surface area (TPSA) is 41.5 Å². The normalized spacial score (nSPS) is 26.5. The van der Waals surface area contributed by atoms with Gasteiger partial charge in [0, 0.05) is 30.2 Å². The zero-order chi connectivity index (χ0) is 14.6. The molecule has 3 nitrogen and oxygen atoms in total. The van der Waals surface area contributed by atoms with E-state index in [9.17, 15) is 13.9 Å². The standard InChI is InChI=1S/C15H21F2NO2/c1-2-18-15(10-19)5-3-4-13(9-15)20-14-7-11(16)6-12(17)8-14/h6-8,13,18-19H,2-5,9-10H2,1H3. The second-order valence-corrected chi connectivity index (χ2v) is 5.41. The van der Waals surface area contributed by atoms with Gasteiger partial charge in [0.2, 0.25) is 0 Å². The summed E-state index contributed by atoms with van der Waals surface area (Å²) in [5, 5.41) is 12.9. The van der Waals surface area contributed by atoms with E-state index in [2.05, 4.69) is 5.32 Å². The summed E-state index contributed by atoms with van der Waals surface area (Å²) >= 11 is 0. The smallest absolute Gasteiger partial charge is 0.129 e. The summed E-state index contributed by atoms with van der Waals surface area (Å²) in [6.07, 6.45) is 3.11. The van der Waals surface area contributed by atoms with Crippen molar-refractivity contribution in [3.63, 3.8) is 0 Å². The van der Waals surface area contributed by atoms with Crippen LogP contribution in [-0.2, 0) is 0 Å². The highest BCUT2D eigenvalue weighted by Crippen LogP contribution is 2.31. The van der Waals surface area contributed by atoms with E-state index in [1.54, 1.807) is 0 Å². The number of aliphatic hydroxyl groups excluding tert-OH is 1. The van der Waals surface area contributed by atoms with E-state index in [-0.39, 0.29) is 24.0 Å². The van der Waals surface area contributed by atoms with Gasteiger partial charge in [-0.05, 0) is 25.8 Å². The molecule has 2 rings (SSSR count). The maximum Gasteiger partial charge on any atom is 0.129 e. The van der Waals surface area contributed by atoms with Crippen molar-refractivity contribution >= 4 is 0 Å². The molecule has 1 aromatic carbocycles. The third-order valence-electron chi connectivity index (χ3n) is 3.79. The Hall–Kier alpha value is -1.20. The van der Waals surface area contributed by atoms with Crippen molar-refractivity contribution in [3.05, 3.63) is 29.8 Å². The molecule has 2 N–H and O–H groups in total. The molecule has 0 amide bonds. The summed E-state index contributed by atoms with van der Waals surface area (Å²) in [4.78, 5) is 0. The minimum atomic E-state index is -0.643. The molecule has 20 heavy (non-hydrogen) atoms. The lowest BCUT2D eigenvalue weighted by atomic mass is 9.80. The Kier molecular flexibility index (Phi) is 4.94. The number of aliphatic hydroxyl groups is 1. The number of hydrogen-bond acceptors (Lipinski definition) is 3. The lowest BCUT2D eigenvalue weighted by molar-refractivity contribution is 0.0517. The highest BCUT2D eigenvalue weighted by atomic mass is 19.1. The van der Waals surface area contributed by atoms with E-state index in [4.69, 9.17) is 4.74 Å². The fourth-order valence-corrected chi connectivity index (χ4v) is 2.93. The third kappa shape index (κ3) is 3.67. The first-order valence-corrected chi connectivity index (χ1v) is 7.05. The lowest BCUT2D eigenvalue weighted by Crippen LogP contribution is -2.53. The van der Waals surface area contributed by atoms with Crippen molar-refractivity contribution in [2.75, 3.05) is 13.2 Å². The van der Waals surface area contributed by atoms with Gasteiger partial charge in [0.05, 0.1) is 6.61 Å². The zero-order valence-corrected chi connectivity index (χ0v) is 11.7. The van der Waals surface area contributed by atoms with Crippen molar-refractivity contribution in [1.82, 2.24) is 5.32 Å². The van der Waals surface area contributed by atoms with Crippen LogP contribution >= 0.6 is 0 Å². The molecular formula is C15H21F2NO2. The number of hydrogen-bond donors (Lipinski definition) is 2. The summed E-state index contributed by atoms with van der Waals surface area (Å²) in [6, 6.07) is 3.20. The maximum atomic E-state index is 13.1. The molecule has 2 atom stereocenters. The second kappa shape index (κ2) is 6.50. The molecule has 0 radical (unpaired) electrons. The van der Waals surface area contributed by atoms with Gasteiger partial charge in [0.15, 0.2) is 0 Å². The van der Waals surface area contributed by atoms with Crippen LogP contribution in [0.1, 0.15) is 32.6 Å². The van der Waals surface area contributed by atoms with Crippen LogP contribution in [0.15, 0.2) is 18.2 Å². The number of likely N-dealkylation sites (N-methyl/N-ethyl adjacent to an activating group) is 1. The van der Waals surface area contributed by atoms with Crippen molar-refractivity contribution in [3.8, 4) is 5.75 Å². The molecule has 1 fully saturated rings. The van der Waals surface area contributed by atoms with Crippen LogP contribution in [0.2, 0.25) is 0 Å². The summed E-state index contributed by atoms with van der Waals surface area (Å²) in [5.74, 6) is -1.08. The van der Waals surface area contributed by atoms with Crippen LogP contribution in [-0.4, -0.2) is 29.9 Å². The monoisotopic (exact) mass is 285 g/mol. The Morgan fingerprint density at radius 1 is 1.35 bits per heavy atom. The average molecular weight is 285 g/mol. The van der Waals surface area contributed by atoms with E-state index in [0.29, 0.717) is 6.42 Å². The quantitative estimate of drug-likeness (QED) is 0.874. The van der Waals surface area contributed by atoms with Crippen LogP contribution in [0.5, 0.6) is 5.75 Å². The summed E-state index contributed by atoms with van der Waals surface area (Å²) in [7, 11) is 0. The molecule has 1 saturated carbocycles. The number of ether oxygens (including phenoxy) is 1. The molecule has 0 bridgehead atoms. The van der Waals surface area contributed by atoms with Gasteiger partial charge in [-0.2, -0.15) is 0 Å². The van der Waals surface area contributed by atoms with E-state index in [1.165, 1.54) is 12.1 Å². The largest absolute Gasteiger partial charge is 0.490 e. The highest BCUT2D eigenvalue weighted by Gasteiger charge is 2.36. The molecule has 0 spiro atoms. The van der Waals surface area contributed by atoms with Crippen LogP contribution in [0.4, 0.5) is 8.78 Å². The minimum Gasteiger partial charge on any atom is -0.490 e. The van der Waals surface area contributed by atoms with Crippen molar-refractivity contribution < 1.29 is 18.6 Å². The average Bonchev–Trinajstić information content (AvgIpc) is 2.38. The first-order valence-electron chi connectivity index (χ1n) is 7.05. The van der Waals surface area contributed by atoms with Gasteiger partial charge in [-0.15, -0.1) is 0 Å². The molecule has 0 saturated heterocycles. The first-order chi connectivity index (χ1) is 9.57. The maximum absolute atomic E-state index is 13.1. The Morgan fingerprint density at radius 3 is 2.65 bits per heavy atom. The highest BCUT2D eigenvalue weighted by molar-refractivity contribution is 5.24. The molecule has 1 aromatic rings. The third-order valence-corrected chi connectivity index (χ3v) is 3.79. The number of nitrogens with one attached hydrogen (secondary N) is 1. The minimum absolute atomic E-state index is 0.0399. The van der Waals surface area contributed by atoms with Crippen LogP contribution in [0.25, 0.3) is 0 Å². The Bertz CT molecular complexity index is 431. The number of rotatable bonds is 5. The van der Waals surface area contributed by atoms with E-state index >= 15 is 0 Å². The first kappa shape index (κ1) is 15.2. The predicted molar refractivity (Wildman–Crippen MR) is 72.7 cm³/mol. The van der Waals surface area contributed by atoms with Gasteiger partial charge in [-0.3, -0.25) is 0 Å². The van der Waals surface area contributed by atoms with Crippen molar-refractivity contribution in [1.29, 1.82) is 0 Å². The SMILES string of the molecule is CCNC1(CO)CCCC(Oc2cc(F)cc(F)c2)C1. The van der Waals surface area contributed by atoms with Crippen molar-refractivity contribution in [2.45, 2.75) is 44.2 Å². The van der Waals surface area contributed by atoms with Gasteiger partial charge >= 0.3 is 0 Å². The number of benzene rings is 1. The van der Waals surface area contributed by atoms with Gasteiger partial charge in [-0.25, -0.2) is 8.78 Å². The molecule has 5 heteroatoms. The van der Waals surface area contributed by atoms with Crippen LogP contribution in [0, 0.1) is 11.6 Å². The van der Waals surface area contributed by atoms with Gasteiger partial charge < -0.3 is 15.2 Å². The molecule has 0 aromatic heterocycles. The van der Waals surface area contributed by atoms with E-state index in [1.807, 2.05) is 6.92 Å². The molecule has 1 aliphatic carbocycles. The predicted octanol–water partition coefficient (Wildman–Crippen LogP) is 2.63. The van der Waals surface area contributed by atoms with Gasteiger partial charge in [0.25, 0.3) is 0 Å². The molecule has 0 aliphatic heterocycles. The number of halogens is 2. The molecule has 2 unspecified atom stereocenters. The summed E-state index contributed by atoms with van der Waals surface area (Å²) < 4.78 is 32.0. The molecule has 1 aliphatic rings. The Morgan fingerprint density at radius 2 is 2.05 bits per heavy atom. The fraction of sp³-hybridized carbons (Fsp3) is 0.600. The van der Waals surface area contributed by atoms with Crippen LogP contribution in [0.3, 0.4) is 0 Å².